The minimum Gasteiger partial charge on any atom is -0.508 e. The van der Waals surface area contributed by atoms with Crippen LogP contribution in [0.1, 0.15) is 33.3 Å². The zero-order valence-corrected chi connectivity index (χ0v) is 10.2. The lowest BCUT2D eigenvalue weighted by molar-refractivity contribution is -0.118. The number of carbonyl (C=O) groups excluding carboxylic acids is 1. The molecular weight excluding hydrogens is 204 g/mol. The van der Waals surface area contributed by atoms with Crippen LogP contribution in [0.25, 0.3) is 0 Å². The van der Waals surface area contributed by atoms with Gasteiger partial charge in [0.05, 0.1) is 0 Å². The quantitative estimate of drug-likeness (QED) is 0.855. The number of rotatable bonds is 3. The van der Waals surface area contributed by atoms with Crippen molar-refractivity contribution in [3.63, 3.8) is 0 Å². The Morgan fingerprint density at radius 1 is 1.38 bits per heavy atom. The molecule has 0 spiro atoms. The van der Waals surface area contributed by atoms with Gasteiger partial charge in [0.15, 0.2) is 5.78 Å². The van der Waals surface area contributed by atoms with E-state index in [9.17, 15) is 9.90 Å². The lowest BCUT2D eigenvalue weighted by atomic mass is 9.86. The summed E-state index contributed by atoms with van der Waals surface area (Å²) in [6, 6.07) is 5.03. The molecule has 3 heteroatoms. The van der Waals surface area contributed by atoms with Crippen molar-refractivity contribution in [3.8, 4) is 11.5 Å². The van der Waals surface area contributed by atoms with E-state index in [1.165, 1.54) is 6.92 Å². The summed E-state index contributed by atoms with van der Waals surface area (Å²) in [6.45, 7) is 7.57. The molecule has 0 aliphatic heterocycles. The second-order valence-electron chi connectivity index (χ2n) is 4.92. The van der Waals surface area contributed by atoms with Crippen LogP contribution in [-0.2, 0) is 10.2 Å². The maximum atomic E-state index is 10.8. The van der Waals surface area contributed by atoms with Gasteiger partial charge in [-0.15, -0.1) is 0 Å². The van der Waals surface area contributed by atoms with Gasteiger partial charge in [0.1, 0.15) is 18.1 Å². The highest BCUT2D eigenvalue weighted by molar-refractivity contribution is 5.77. The Kier molecular flexibility index (Phi) is 3.58. The van der Waals surface area contributed by atoms with Crippen LogP contribution >= 0.6 is 0 Å². The number of hydrogen-bond acceptors (Lipinski definition) is 3. The Morgan fingerprint density at radius 3 is 2.50 bits per heavy atom. The largest absolute Gasteiger partial charge is 0.508 e. The van der Waals surface area contributed by atoms with Gasteiger partial charge in [0.2, 0.25) is 0 Å². The minimum absolute atomic E-state index is 0.0228. The summed E-state index contributed by atoms with van der Waals surface area (Å²) < 4.78 is 5.30. The Morgan fingerprint density at radius 2 is 2.00 bits per heavy atom. The van der Waals surface area contributed by atoms with Gasteiger partial charge < -0.3 is 9.84 Å². The lowest BCUT2D eigenvalue weighted by Crippen LogP contribution is -2.12. The van der Waals surface area contributed by atoms with E-state index in [1.807, 2.05) is 20.8 Å². The van der Waals surface area contributed by atoms with E-state index >= 15 is 0 Å². The number of hydrogen-bond donors (Lipinski definition) is 1. The predicted octanol–water partition coefficient (Wildman–Crippen LogP) is 2.66. The average Bonchev–Trinajstić information content (AvgIpc) is 2.14. The Balaban J connectivity index is 2.94. The van der Waals surface area contributed by atoms with Crippen molar-refractivity contribution in [1.29, 1.82) is 0 Å². The maximum Gasteiger partial charge on any atom is 0.167 e. The predicted molar refractivity (Wildman–Crippen MR) is 63.0 cm³/mol. The molecule has 0 aromatic heterocycles. The minimum atomic E-state index is -0.153. The summed E-state index contributed by atoms with van der Waals surface area (Å²) in [5.41, 5.74) is 0.660. The average molecular weight is 222 g/mol. The Hall–Kier alpha value is -1.51. The molecule has 0 heterocycles. The number of ether oxygens (including phenoxy) is 1. The van der Waals surface area contributed by atoms with Crippen LogP contribution in [0.15, 0.2) is 18.2 Å². The highest BCUT2D eigenvalue weighted by atomic mass is 16.5. The van der Waals surface area contributed by atoms with Crippen molar-refractivity contribution in [3.05, 3.63) is 23.8 Å². The van der Waals surface area contributed by atoms with Crippen LogP contribution in [0.2, 0.25) is 0 Å². The van der Waals surface area contributed by atoms with Crippen molar-refractivity contribution in [2.45, 2.75) is 33.1 Å². The van der Waals surface area contributed by atoms with Gasteiger partial charge in [0.25, 0.3) is 0 Å². The third-order valence-electron chi connectivity index (χ3n) is 2.22. The molecule has 0 fully saturated rings. The molecule has 16 heavy (non-hydrogen) atoms. The van der Waals surface area contributed by atoms with E-state index in [0.717, 1.165) is 5.56 Å². The SMILES string of the molecule is CC(=O)COc1ccc(O)c(C(C)(C)C)c1. The van der Waals surface area contributed by atoms with Gasteiger partial charge in [-0.1, -0.05) is 20.8 Å². The maximum absolute atomic E-state index is 10.8. The number of ketones is 1. The molecule has 1 rings (SSSR count). The molecule has 3 nitrogen and oxygen atoms in total. The van der Waals surface area contributed by atoms with E-state index in [4.69, 9.17) is 4.74 Å². The molecule has 0 unspecified atom stereocenters. The molecule has 0 amide bonds. The third-order valence-corrected chi connectivity index (χ3v) is 2.22. The fraction of sp³-hybridized carbons (Fsp3) is 0.462. The normalized spacial score (nSPS) is 11.2. The summed E-state index contributed by atoms with van der Waals surface area (Å²) in [5.74, 6) is 0.839. The third kappa shape index (κ3) is 3.26. The van der Waals surface area contributed by atoms with Gasteiger partial charge in [-0.25, -0.2) is 0 Å². The highest BCUT2D eigenvalue weighted by Crippen LogP contribution is 2.33. The smallest absolute Gasteiger partial charge is 0.167 e. The summed E-state index contributed by atoms with van der Waals surface area (Å²) in [6.07, 6.45) is 0. The fourth-order valence-electron chi connectivity index (χ4n) is 1.39. The van der Waals surface area contributed by atoms with Crippen molar-refractivity contribution >= 4 is 5.78 Å². The van der Waals surface area contributed by atoms with Gasteiger partial charge in [-0.05, 0) is 30.5 Å². The zero-order valence-electron chi connectivity index (χ0n) is 10.2. The molecule has 0 saturated heterocycles. The number of Topliss-reactive ketones (excluding diaryl/α,β-unsaturated/α-hetero) is 1. The van der Waals surface area contributed by atoms with Crippen LogP contribution in [0.5, 0.6) is 11.5 Å². The summed E-state index contributed by atoms with van der Waals surface area (Å²) in [4.78, 5) is 10.8. The first-order chi connectivity index (χ1) is 7.30. The molecule has 0 bridgehead atoms. The van der Waals surface area contributed by atoms with Crippen LogP contribution in [0, 0.1) is 0 Å². The molecule has 0 aliphatic rings. The summed E-state index contributed by atoms with van der Waals surface area (Å²) in [5, 5.41) is 9.73. The molecule has 0 saturated carbocycles. The molecule has 1 aromatic rings. The van der Waals surface area contributed by atoms with Gasteiger partial charge in [-0.3, -0.25) is 4.79 Å². The number of phenolic OH excluding ortho intramolecular Hbond substituents is 1. The molecule has 0 radical (unpaired) electrons. The van der Waals surface area contributed by atoms with Crippen molar-refractivity contribution < 1.29 is 14.6 Å². The van der Waals surface area contributed by atoms with Crippen molar-refractivity contribution in [2.75, 3.05) is 6.61 Å². The van der Waals surface area contributed by atoms with E-state index in [-0.39, 0.29) is 23.6 Å². The highest BCUT2D eigenvalue weighted by Gasteiger charge is 2.18. The summed E-state index contributed by atoms with van der Waals surface area (Å²) >= 11 is 0. The van der Waals surface area contributed by atoms with E-state index in [2.05, 4.69) is 0 Å². The van der Waals surface area contributed by atoms with Gasteiger partial charge >= 0.3 is 0 Å². The van der Waals surface area contributed by atoms with E-state index < -0.39 is 0 Å². The molecule has 1 aromatic carbocycles. The second-order valence-corrected chi connectivity index (χ2v) is 4.92. The topological polar surface area (TPSA) is 46.5 Å². The number of phenols is 1. The number of carbonyl (C=O) groups is 1. The van der Waals surface area contributed by atoms with Crippen molar-refractivity contribution in [2.24, 2.45) is 0 Å². The first-order valence-corrected chi connectivity index (χ1v) is 5.26. The molecule has 1 N–H and O–H groups in total. The van der Waals surface area contributed by atoms with E-state index in [0.29, 0.717) is 5.75 Å². The fourth-order valence-corrected chi connectivity index (χ4v) is 1.39. The van der Waals surface area contributed by atoms with Crippen LogP contribution in [0.3, 0.4) is 0 Å². The first-order valence-electron chi connectivity index (χ1n) is 5.26. The van der Waals surface area contributed by atoms with Gasteiger partial charge in [-0.2, -0.15) is 0 Å². The van der Waals surface area contributed by atoms with Crippen LogP contribution in [-0.4, -0.2) is 17.5 Å². The monoisotopic (exact) mass is 222 g/mol. The van der Waals surface area contributed by atoms with E-state index in [1.54, 1.807) is 18.2 Å². The molecular formula is C13H18O3. The van der Waals surface area contributed by atoms with Crippen LogP contribution < -0.4 is 4.74 Å². The molecule has 0 aliphatic carbocycles. The van der Waals surface area contributed by atoms with Crippen molar-refractivity contribution in [1.82, 2.24) is 0 Å². The second kappa shape index (κ2) is 4.56. The number of aromatic hydroxyl groups is 1. The Bertz CT molecular complexity index is 389. The first kappa shape index (κ1) is 12.6. The molecule has 0 atom stereocenters. The standard InChI is InChI=1S/C13H18O3/c1-9(14)8-16-10-5-6-12(15)11(7-10)13(2,3)4/h5-7,15H,8H2,1-4H3. The molecule has 88 valence electrons. The number of benzene rings is 1. The lowest BCUT2D eigenvalue weighted by Gasteiger charge is -2.21. The Labute approximate surface area is 96.1 Å². The zero-order chi connectivity index (χ0) is 12.3. The van der Waals surface area contributed by atoms with Gasteiger partial charge in [0, 0.05) is 5.56 Å². The summed E-state index contributed by atoms with van der Waals surface area (Å²) in [7, 11) is 0. The van der Waals surface area contributed by atoms with Crippen LogP contribution in [0.4, 0.5) is 0 Å².